The molecule has 0 aliphatic carbocycles. The van der Waals surface area contributed by atoms with Crippen LogP contribution in [0, 0.1) is 0 Å². The Morgan fingerprint density at radius 1 is 1.04 bits per heavy atom. The van der Waals surface area contributed by atoms with E-state index in [1.54, 1.807) is 24.3 Å². The molecule has 3 rings (SSSR count). The maximum absolute atomic E-state index is 12.3. The van der Waals surface area contributed by atoms with Gasteiger partial charge in [-0.25, -0.2) is 0 Å². The highest BCUT2D eigenvalue weighted by atomic mass is 19.3. The van der Waals surface area contributed by atoms with E-state index in [2.05, 4.69) is 10.1 Å². The summed E-state index contributed by atoms with van der Waals surface area (Å²) in [4.78, 5) is 0. The summed E-state index contributed by atoms with van der Waals surface area (Å²) >= 11 is 0. The average Bonchev–Trinajstić information content (AvgIpc) is 2.62. The van der Waals surface area contributed by atoms with Gasteiger partial charge in [0.05, 0.1) is 19.3 Å². The van der Waals surface area contributed by atoms with Gasteiger partial charge < -0.3 is 19.5 Å². The van der Waals surface area contributed by atoms with E-state index in [4.69, 9.17) is 9.47 Å². The summed E-state index contributed by atoms with van der Waals surface area (Å²) < 4.78 is 40.6. The number of nitrogens with one attached hydrogen (secondary N) is 1. The molecule has 0 saturated heterocycles. The molecular weight excluding hydrogens is 340 g/mol. The van der Waals surface area contributed by atoms with E-state index in [1.165, 1.54) is 5.56 Å². The molecule has 1 aliphatic rings. The molecule has 26 heavy (non-hydrogen) atoms. The summed E-state index contributed by atoms with van der Waals surface area (Å²) in [6.45, 7) is 3.02. The van der Waals surface area contributed by atoms with Gasteiger partial charge in [-0.2, -0.15) is 8.78 Å². The maximum Gasteiger partial charge on any atom is 0.387 e. The Balaban J connectivity index is 1.93. The smallest absolute Gasteiger partial charge is 0.387 e. The van der Waals surface area contributed by atoms with E-state index in [-0.39, 0.29) is 11.8 Å². The van der Waals surface area contributed by atoms with Crippen LogP contribution in [-0.4, -0.2) is 26.4 Å². The Bertz CT molecular complexity index is 735. The first kappa shape index (κ1) is 18.5. The Morgan fingerprint density at radius 3 is 2.31 bits per heavy atom. The third-order valence-electron chi connectivity index (χ3n) is 4.30. The fourth-order valence-corrected chi connectivity index (χ4v) is 3.24. The summed E-state index contributed by atoms with van der Waals surface area (Å²) in [5, 5.41) is 3.49. The van der Waals surface area contributed by atoms with Crippen LogP contribution in [0.25, 0.3) is 0 Å². The predicted molar refractivity (Wildman–Crippen MR) is 95.4 cm³/mol. The van der Waals surface area contributed by atoms with Crippen molar-refractivity contribution in [1.29, 1.82) is 0 Å². The lowest BCUT2D eigenvalue weighted by Gasteiger charge is -2.29. The number of hydrogen-bond acceptors (Lipinski definition) is 4. The first-order valence-electron chi connectivity index (χ1n) is 8.83. The molecular formula is C20H23F2NO3. The largest absolute Gasteiger partial charge is 0.490 e. The molecule has 2 aromatic rings. The van der Waals surface area contributed by atoms with E-state index in [1.807, 2.05) is 26.0 Å². The van der Waals surface area contributed by atoms with E-state index in [0.29, 0.717) is 13.2 Å². The molecule has 1 aliphatic heterocycles. The van der Waals surface area contributed by atoms with Crippen LogP contribution in [0.1, 0.15) is 36.6 Å². The first-order valence-corrected chi connectivity index (χ1v) is 8.83. The predicted octanol–water partition coefficient (Wildman–Crippen LogP) is 4.32. The lowest BCUT2D eigenvalue weighted by atomic mass is 9.89. The van der Waals surface area contributed by atoms with Gasteiger partial charge in [0.2, 0.25) is 0 Å². The molecule has 0 saturated carbocycles. The number of rotatable bonds is 7. The second kappa shape index (κ2) is 8.36. The fourth-order valence-electron chi connectivity index (χ4n) is 3.24. The zero-order chi connectivity index (χ0) is 18.5. The normalized spacial score (nSPS) is 16.3. The van der Waals surface area contributed by atoms with Crippen molar-refractivity contribution in [2.24, 2.45) is 0 Å². The van der Waals surface area contributed by atoms with Gasteiger partial charge in [0.15, 0.2) is 11.5 Å². The minimum absolute atomic E-state index is 0.0331. The summed E-state index contributed by atoms with van der Waals surface area (Å²) in [5.41, 5.74) is 3.30. The fraction of sp³-hybridized carbons (Fsp3) is 0.400. The first-order chi connectivity index (χ1) is 12.6. The maximum atomic E-state index is 12.3. The van der Waals surface area contributed by atoms with Gasteiger partial charge in [-0.15, -0.1) is 0 Å². The molecule has 4 nitrogen and oxygen atoms in total. The van der Waals surface area contributed by atoms with Crippen molar-refractivity contribution in [3.63, 3.8) is 0 Å². The zero-order valence-corrected chi connectivity index (χ0v) is 14.9. The Morgan fingerprint density at radius 2 is 1.69 bits per heavy atom. The quantitative estimate of drug-likeness (QED) is 0.795. The van der Waals surface area contributed by atoms with Gasteiger partial charge in [0.1, 0.15) is 5.75 Å². The van der Waals surface area contributed by atoms with Crippen molar-refractivity contribution in [2.75, 3.05) is 19.8 Å². The van der Waals surface area contributed by atoms with E-state index in [9.17, 15) is 8.78 Å². The van der Waals surface area contributed by atoms with Crippen LogP contribution in [-0.2, 0) is 6.42 Å². The lowest BCUT2D eigenvalue weighted by Crippen LogP contribution is -2.30. The van der Waals surface area contributed by atoms with Crippen LogP contribution < -0.4 is 19.5 Å². The monoisotopic (exact) mass is 363 g/mol. The second-order valence-electron chi connectivity index (χ2n) is 5.95. The molecule has 0 aromatic heterocycles. The topological polar surface area (TPSA) is 39.7 Å². The minimum atomic E-state index is -2.82. The SMILES string of the molecule is CCOc1cc2c(cc1OCC)[C@H](c1ccc(OC(F)F)cc1)NCC2. The molecule has 0 fully saturated rings. The van der Waals surface area contributed by atoms with Gasteiger partial charge in [-0.1, -0.05) is 12.1 Å². The van der Waals surface area contributed by atoms with Crippen molar-refractivity contribution in [3.8, 4) is 17.2 Å². The number of benzene rings is 2. The standard InChI is InChI=1S/C20H23F2NO3/c1-3-24-17-11-14-9-10-23-19(16(14)12-18(17)25-4-2)13-5-7-15(8-6-13)26-20(21)22/h5-8,11-12,19-20,23H,3-4,9-10H2,1-2H3/t19-/m0/s1. The Labute approximate surface area is 152 Å². The van der Waals surface area contributed by atoms with Gasteiger partial charge in [-0.05, 0) is 61.2 Å². The number of hydrogen-bond donors (Lipinski definition) is 1. The highest BCUT2D eigenvalue weighted by Gasteiger charge is 2.24. The summed E-state index contributed by atoms with van der Waals surface area (Å²) in [6.07, 6.45) is 0.894. The summed E-state index contributed by atoms with van der Waals surface area (Å²) in [5.74, 6) is 1.63. The second-order valence-corrected chi connectivity index (χ2v) is 5.95. The number of ether oxygens (including phenoxy) is 3. The molecule has 1 N–H and O–H groups in total. The van der Waals surface area contributed by atoms with Crippen LogP contribution in [0.2, 0.25) is 0 Å². The molecule has 1 heterocycles. The van der Waals surface area contributed by atoms with Crippen LogP contribution in [0.15, 0.2) is 36.4 Å². The molecule has 140 valence electrons. The van der Waals surface area contributed by atoms with Crippen molar-refractivity contribution >= 4 is 0 Å². The molecule has 0 amide bonds. The average molecular weight is 363 g/mol. The molecule has 0 bridgehead atoms. The summed E-state index contributed by atoms with van der Waals surface area (Å²) in [7, 11) is 0. The molecule has 1 atom stereocenters. The molecule has 2 aromatic carbocycles. The Hall–Kier alpha value is -2.34. The number of alkyl halides is 2. The van der Waals surface area contributed by atoms with Crippen LogP contribution in [0.3, 0.4) is 0 Å². The lowest BCUT2D eigenvalue weighted by molar-refractivity contribution is -0.0498. The van der Waals surface area contributed by atoms with Crippen molar-refractivity contribution in [3.05, 3.63) is 53.1 Å². The third-order valence-corrected chi connectivity index (χ3v) is 4.30. The van der Waals surface area contributed by atoms with Crippen LogP contribution in [0.5, 0.6) is 17.2 Å². The highest BCUT2D eigenvalue weighted by molar-refractivity contribution is 5.52. The van der Waals surface area contributed by atoms with E-state index in [0.717, 1.165) is 35.6 Å². The van der Waals surface area contributed by atoms with Crippen molar-refractivity contribution in [1.82, 2.24) is 5.32 Å². The van der Waals surface area contributed by atoms with Crippen LogP contribution in [0.4, 0.5) is 8.78 Å². The minimum Gasteiger partial charge on any atom is -0.490 e. The van der Waals surface area contributed by atoms with Crippen molar-refractivity contribution < 1.29 is 23.0 Å². The van der Waals surface area contributed by atoms with Gasteiger partial charge in [0, 0.05) is 6.54 Å². The molecule has 0 spiro atoms. The summed E-state index contributed by atoms with van der Waals surface area (Å²) in [6, 6.07) is 10.8. The molecule has 0 radical (unpaired) electrons. The molecule has 0 unspecified atom stereocenters. The zero-order valence-electron chi connectivity index (χ0n) is 14.9. The van der Waals surface area contributed by atoms with Gasteiger partial charge in [0.25, 0.3) is 0 Å². The van der Waals surface area contributed by atoms with Crippen LogP contribution >= 0.6 is 0 Å². The van der Waals surface area contributed by atoms with Gasteiger partial charge in [-0.3, -0.25) is 0 Å². The number of fused-ring (bicyclic) bond motifs is 1. The van der Waals surface area contributed by atoms with Crippen molar-refractivity contribution in [2.45, 2.75) is 32.9 Å². The molecule has 6 heteroatoms. The van der Waals surface area contributed by atoms with E-state index < -0.39 is 6.61 Å². The third kappa shape index (κ3) is 4.07. The highest BCUT2D eigenvalue weighted by Crippen LogP contribution is 2.38. The van der Waals surface area contributed by atoms with Gasteiger partial charge >= 0.3 is 6.61 Å². The number of halogens is 2. The Kier molecular flexibility index (Phi) is 5.93. The van der Waals surface area contributed by atoms with E-state index >= 15 is 0 Å².